The van der Waals surface area contributed by atoms with Gasteiger partial charge in [-0.05, 0) is 50.7 Å². The fourth-order valence-corrected chi connectivity index (χ4v) is 4.09. The maximum absolute atomic E-state index is 12.4. The number of hydrogen-bond donors (Lipinski definition) is 3. The number of nitrogens with zero attached hydrogens (tertiary/aromatic N) is 5. The van der Waals surface area contributed by atoms with E-state index in [0.717, 1.165) is 35.2 Å². The molecule has 0 saturated carbocycles. The lowest BCUT2D eigenvalue weighted by Gasteiger charge is -2.10. The lowest BCUT2D eigenvalue weighted by atomic mass is 10.1. The minimum Gasteiger partial charge on any atom is -0.449 e. The lowest BCUT2D eigenvalue weighted by molar-refractivity contribution is 0.0950. The molecule has 5 rings (SSSR count). The van der Waals surface area contributed by atoms with Crippen molar-refractivity contribution in [1.82, 2.24) is 25.2 Å². The Labute approximate surface area is 201 Å². The van der Waals surface area contributed by atoms with Crippen LogP contribution in [0, 0.1) is 0 Å². The predicted octanol–water partition coefficient (Wildman–Crippen LogP) is 3.44. The summed E-state index contributed by atoms with van der Waals surface area (Å²) in [5, 5.41) is 19.7. The molecule has 1 amide bonds. The fraction of sp³-hybridized carbons (Fsp3) is 0.240. The van der Waals surface area contributed by atoms with E-state index in [2.05, 4.69) is 30.7 Å². The topological polar surface area (TPSA) is 129 Å². The van der Waals surface area contributed by atoms with Crippen molar-refractivity contribution in [2.45, 2.75) is 12.8 Å². The molecular weight excluding hydrogens is 446 g/mol. The number of aryl methyl sites for hydroxylation is 1. The van der Waals surface area contributed by atoms with E-state index in [0.29, 0.717) is 47.1 Å². The van der Waals surface area contributed by atoms with Crippen LogP contribution in [0.4, 0.5) is 11.4 Å². The summed E-state index contributed by atoms with van der Waals surface area (Å²) in [7, 11) is 3.89. The standard InChI is InChI=1S/C25H25N7O3/c1-32(2)10-9-27-25(33)16-12-28-24(29-13-16)23-22(19-7-8-26-14-21(19)35-23)30-17-4-5-18-15(11-17)3-6-20(18)31-34/h4-5,7-8,11-14,30,34H,3,6,9-10H2,1-2H3,(H,27,33)/b31-20-. The normalized spacial score (nSPS) is 14.0. The minimum atomic E-state index is -0.227. The second-order valence-corrected chi connectivity index (χ2v) is 8.58. The van der Waals surface area contributed by atoms with E-state index in [4.69, 9.17) is 4.42 Å². The first-order chi connectivity index (χ1) is 17.0. The van der Waals surface area contributed by atoms with E-state index >= 15 is 0 Å². The third kappa shape index (κ3) is 4.56. The van der Waals surface area contributed by atoms with Crippen LogP contribution < -0.4 is 10.6 Å². The number of benzene rings is 1. The van der Waals surface area contributed by atoms with Gasteiger partial charge in [0.2, 0.25) is 0 Å². The number of furan rings is 1. The van der Waals surface area contributed by atoms with E-state index in [1.165, 1.54) is 12.4 Å². The average Bonchev–Trinajstić information content (AvgIpc) is 3.45. The van der Waals surface area contributed by atoms with Gasteiger partial charge in [0, 0.05) is 48.3 Å². The molecular formula is C25H25N7O3. The Balaban J connectivity index is 1.44. The van der Waals surface area contributed by atoms with Gasteiger partial charge in [0.25, 0.3) is 5.91 Å². The number of rotatable bonds is 7. The van der Waals surface area contributed by atoms with Crippen molar-refractivity contribution in [1.29, 1.82) is 0 Å². The highest BCUT2D eigenvalue weighted by Gasteiger charge is 2.22. The molecule has 10 nitrogen and oxygen atoms in total. The summed E-state index contributed by atoms with van der Waals surface area (Å²) in [4.78, 5) is 27.3. The van der Waals surface area contributed by atoms with E-state index in [1.807, 2.05) is 43.3 Å². The van der Waals surface area contributed by atoms with E-state index in [-0.39, 0.29) is 5.91 Å². The molecule has 10 heteroatoms. The summed E-state index contributed by atoms with van der Waals surface area (Å²) in [6.45, 7) is 1.27. The van der Waals surface area contributed by atoms with Gasteiger partial charge in [0.05, 0.1) is 23.2 Å². The van der Waals surface area contributed by atoms with Gasteiger partial charge in [-0.2, -0.15) is 0 Å². The Kier molecular flexibility index (Phi) is 6.11. The van der Waals surface area contributed by atoms with Gasteiger partial charge in [-0.15, -0.1) is 0 Å². The van der Waals surface area contributed by atoms with Crippen molar-refractivity contribution >= 4 is 34.0 Å². The summed E-state index contributed by atoms with van der Waals surface area (Å²) in [5.41, 5.74) is 5.31. The Morgan fingerprint density at radius 1 is 1.17 bits per heavy atom. The predicted molar refractivity (Wildman–Crippen MR) is 132 cm³/mol. The molecule has 0 aliphatic heterocycles. The first-order valence-corrected chi connectivity index (χ1v) is 11.3. The third-order valence-electron chi connectivity index (χ3n) is 5.89. The quantitative estimate of drug-likeness (QED) is 0.276. The number of oxime groups is 1. The number of carbonyl (C=O) groups excluding carboxylic acids is 1. The number of likely N-dealkylation sites (N-methyl/N-ethyl adjacent to an activating group) is 1. The maximum atomic E-state index is 12.4. The molecule has 0 spiro atoms. The third-order valence-corrected chi connectivity index (χ3v) is 5.89. The smallest absolute Gasteiger partial charge is 0.254 e. The van der Waals surface area contributed by atoms with Crippen LogP contribution in [0.3, 0.4) is 0 Å². The molecule has 0 unspecified atom stereocenters. The summed E-state index contributed by atoms with van der Waals surface area (Å²) in [6.07, 6.45) is 7.85. The van der Waals surface area contributed by atoms with Crippen molar-refractivity contribution in [3.8, 4) is 11.6 Å². The Morgan fingerprint density at radius 3 is 2.77 bits per heavy atom. The number of aromatic nitrogens is 3. The van der Waals surface area contributed by atoms with Crippen LogP contribution in [0.5, 0.6) is 0 Å². The van der Waals surface area contributed by atoms with Crippen LogP contribution in [0.15, 0.2) is 58.6 Å². The number of hydrogen-bond acceptors (Lipinski definition) is 9. The molecule has 0 radical (unpaired) electrons. The van der Waals surface area contributed by atoms with Crippen LogP contribution in [-0.2, 0) is 6.42 Å². The second kappa shape index (κ2) is 9.51. The molecule has 1 aromatic carbocycles. The average molecular weight is 472 g/mol. The minimum absolute atomic E-state index is 0.227. The number of anilines is 2. The van der Waals surface area contributed by atoms with Crippen molar-refractivity contribution in [2.75, 3.05) is 32.5 Å². The Bertz CT molecular complexity index is 1410. The molecule has 0 bridgehead atoms. The van der Waals surface area contributed by atoms with Crippen molar-refractivity contribution < 1.29 is 14.4 Å². The highest BCUT2D eigenvalue weighted by molar-refractivity contribution is 6.05. The molecule has 0 fully saturated rings. The highest BCUT2D eigenvalue weighted by atomic mass is 16.4. The number of pyridine rings is 1. The van der Waals surface area contributed by atoms with E-state index in [1.54, 1.807) is 12.4 Å². The zero-order chi connectivity index (χ0) is 24.4. The molecule has 3 heterocycles. The summed E-state index contributed by atoms with van der Waals surface area (Å²) in [5.74, 6) is 0.574. The molecule has 1 aliphatic rings. The van der Waals surface area contributed by atoms with Crippen molar-refractivity contribution in [2.24, 2.45) is 5.16 Å². The summed E-state index contributed by atoms with van der Waals surface area (Å²) < 4.78 is 6.07. The maximum Gasteiger partial charge on any atom is 0.254 e. The monoisotopic (exact) mass is 471 g/mol. The van der Waals surface area contributed by atoms with Crippen LogP contribution in [0.2, 0.25) is 0 Å². The van der Waals surface area contributed by atoms with Gasteiger partial charge < -0.3 is 25.2 Å². The second-order valence-electron chi connectivity index (χ2n) is 8.58. The largest absolute Gasteiger partial charge is 0.449 e. The Morgan fingerprint density at radius 2 is 2.00 bits per heavy atom. The molecule has 4 aromatic rings. The molecule has 1 aliphatic carbocycles. The molecule has 3 aromatic heterocycles. The van der Waals surface area contributed by atoms with Crippen LogP contribution in [-0.4, -0.2) is 63.9 Å². The summed E-state index contributed by atoms with van der Waals surface area (Å²) in [6, 6.07) is 7.78. The fourth-order valence-electron chi connectivity index (χ4n) is 4.09. The number of amides is 1. The summed E-state index contributed by atoms with van der Waals surface area (Å²) >= 11 is 0. The number of fused-ring (bicyclic) bond motifs is 2. The van der Waals surface area contributed by atoms with E-state index in [9.17, 15) is 10.0 Å². The van der Waals surface area contributed by atoms with Gasteiger partial charge in [0.15, 0.2) is 17.2 Å². The number of nitrogens with one attached hydrogen (secondary N) is 2. The van der Waals surface area contributed by atoms with Gasteiger partial charge >= 0.3 is 0 Å². The van der Waals surface area contributed by atoms with Crippen LogP contribution in [0.1, 0.15) is 27.9 Å². The van der Waals surface area contributed by atoms with Crippen molar-refractivity contribution in [3.05, 3.63) is 65.7 Å². The molecule has 0 saturated heterocycles. The molecule has 35 heavy (non-hydrogen) atoms. The first-order valence-electron chi connectivity index (χ1n) is 11.3. The highest BCUT2D eigenvalue weighted by Crippen LogP contribution is 2.38. The molecule has 0 atom stereocenters. The van der Waals surface area contributed by atoms with Gasteiger partial charge in [-0.3, -0.25) is 9.78 Å². The molecule has 3 N–H and O–H groups in total. The zero-order valence-corrected chi connectivity index (χ0v) is 19.4. The van der Waals surface area contributed by atoms with Gasteiger partial charge in [0.1, 0.15) is 0 Å². The zero-order valence-electron chi connectivity index (χ0n) is 19.4. The van der Waals surface area contributed by atoms with Crippen LogP contribution in [0.25, 0.3) is 22.6 Å². The Hall–Kier alpha value is -4.31. The van der Waals surface area contributed by atoms with Crippen LogP contribution >= 0.6 is 0 Å². The van der Waals surface area contributed by atoms with Crippen molar-refractivity contribution in [3.63, 3.8) is 0 Å². The van der Waals surface area contributed by atoms with E-state index < -0.39 is 0 Å². The van der Waals surface area contributed by atoms with Gasteiger partial charge in [-0.25, -0.2) is 9.97 Å². The lowest BCUT2D eigenvalue weighted by Crippen LogP contribution is -2.31. The SMILES string of the molecule is CN(C)CCNC(=O)c1cnc(-c2oc3cnccc3c2Nc2ccc3c(c2)CC/C3=N/O)nc1. The first kappa shape index (κ1) is 22.5. The number of carbonyl (C=O) groups is 1. The molecule has 178 valence electrons. The van der Waals surface area contributed by atoms with Gasteiger partial charge in [-0.1, -0.05) is 11.2 Å².